The third-order valence-corrected chi connectivity index (χ3v) is 2.87. The number of nitrogens with zero attached hydrogens (tertiary/aromatic N) is 4. The largest absolute Gasteiger partial charge is 0.305 e. The summed E-state index contributed by atoms with van der Waals surface area (Å²) in [5, 5.41) is 11.0. The van der Waals surface area contributed by atoms with Crippen LogP contribution in [-0.2, 0) is 0 Å². The third kappa shape index (κ3) is 2.94. The van der Waals surface area contributed by atoms with Crippen molar-refractivity contribution < 1.29 is 4.79 Å². The molecule has 0 bridgehead atoms. The Labute approximate surface area is 121 Å². The maximum Gasteiger partial charge on any atom is 0.279 e. The molecular formula is C15H13N5O. The highest BCUT2D eigenvalue weighted by Crippen LogP contribution is 2.08. The number of para-hydroxylation sites is 1. The zero-order chi connectivity index (χ0) is 14.7. The average Bonchev–Trinajstić information content (AvgIpc) is 2.98. The second kappa shape index (κ2) is 5.54. The van der Waals surface area contributed by atoms with E-state index < -0.39 is 0 Å². The van der Waals surface area contributed by atoms with Crippen molar-refractivity contribution in [2.75, 3.05) is 5.32 Å². The SMILES string of the molecule is Cc1ccnc(NC(=O)c2cnn(-c3ccccc3)n2)c1. The van der Waals surface area contributed by atoms with E-state index in [-0.39, 0.29) is 11.6 Å². The Morgan fingerprint density at radius 2 is 2.00 bits per heavy atom. The first kappa shape index (κ1) is 13.0. The molecule has 0 aliphatic carbocycles. The van der Waals surface area contributed by atoms with E-state index >= 15 is 0 Å². The molecule has 3 aromatic rings. The summed E-state index contributed by atoms with van der Waals surface area (Å²) in [5.74, 6) is 0.157. The molecule has 3 rings (SSSR count). The summed E-state index contributed by atoms with van der Waals surface area (Å²) in [6.07, 6.45) is 3.07. The first-order valence-corrected chi connectivity index (χ1v) is 6.44. The molecule has 6 heteroatoms. The third-order valence-electron chi connectivity index (χ3n) is 2.87. The topological polar surface area (TPSA) is 72.7 Å². The highest BCUT2D eigenvalue weighted by Gasteiger charge is 2.12. The van der Waals surface area contributed by atoms with Gasteiger partial charge in [-0.05, 0) is 36.8 Å². The Hall–Kier alpha value is -3.02. The Morgan fingerprint density at radius 1 is 1.19 bits per heavy atom. The smallest absolute Gasteiger partial charge is 0.279 e. The number of hydrogen-bond donors (Lipinski definition) is 1. The molecule has 21 heavy (non-hydrogen) atoms. The minimum Gasteiger partial charge on any atom is -0.305 e. The lowest BCUT2D eigenvalue weighted by atomic mass is 10.3. The van der Waals surface area contributed by atoms with Crippen molar-refractivity contribution in [2.45, 2.75) is 6.92 Å². The molecule has 6 nitrogen and oxygen atoms in total. The van der Waals surface area contributed by atoms with Gasteiger partial charge in [0.2, 0.25) is 0 Å². The Bertz CT molecular complexity index is 766. The number of amides is 1. The molecule has 1 aromatic carbocycles. The number of rotatable bonds is 3. The van der Waals surface area contributed by atoms with E-state index in [4.69, 9.17) is 0 Å². The van der Waals surface area contributed by atoms with E-state index in [0.717, 1.165) is 11.3 Å². The van der Waals surface area contributed by atoms with Gasteiger partial charge in [-0.2, -0.15) is 9.90 Å². The van der Waals surface area contributed by atoms with Crippen LogP contribution >= 0.6 is 0 Å². The lowest BCUT2D eigenvalue weighted by molar-refractivity contribution is 0.102. The first-order valence-electron chi connectivity index (χ1n) is 6.44. The van der Waals surface area contributed by atoms with E-state index in [1.807, 2.05) is 43.3 Å². The lowest BCUT2D eigenvalue weighted by Gasteiger charge is -2.02. The molecular weight excluding hydrogens is 266 g/mol. The summed E-state index contributed by atoms with van der Waals surface area (Å²) in [6, 6.07) is 13.1. The van der Waals surface area contributed by atoms with Gasteiger partial charge < -0.3 is 5.32 Å². The van der Waals surface area contributed by atoms with Crippen molar-refractivity contribution in [3.05, 3.63) is 66.1 Å². The van der Waals surface area contributed by atoms with Crippen molar-refractivity contribution in [1.82, 2.24) is 20.0 Å². The van der Waals surface area contributed by atoms with Crippen LogP contribution in [0.15, 0.2) is 54.9 Å². The zero-order valence-electron chi connectivity index (χ0n) is 11.4. The molecule has 0 aliphatic rings. The van der Waals surface area contributed by atoms with Gasteiger partial charge in [-0.25, -0.2) is 4.98 Å². The molecule has 1 amide bonds. The molecule has 0 saturated heterocycles. The molecule has 0 atom stereocenters. The van der Waals surface area contributed by atoms with Crippen LogP contribution in [0.3, 0.4) is 0 Å². The summed E-state index contributed by atoms with van der Waals surface area (Å²) in [7, 11) is 0. The Balaban J connectivity index is 1.78. The first-order chi connectivity index (χ1) is 10.2. The second-order valence-electron chi connectivity index (χ2n) is 4.53. The van der Waals surface area contributed by atoms with Gasteiger partial charge in [0, 0.05) is 6.20 Å². The maximum atomic E-state index is 12.1. The van der Waals surface area contributed by atoms with Crippen molar-refractivity contribution in [2.24, 2.45) is 0 Å². The van der Waals surface area contributed by atoms with Crippen molar-refractivity contribution in [1.29, 1.82) is 0 Å². The molecule has 0 spiro atoms. The van der Waals surface area contributed by atoms with Gasteiger partial charge in [0.25, 0.3) is 5.91 Å². The molecule has 0 radical (unpaired) electrons. The summed E-state index contributed by atoms with van der Waals surface area (Å²) in [5.41, 5.74) is 2.06. The van der Waals surface area contributed by atoms with Crippen molar-refractivity contribution in [3.63, 3.8) is 0 Å². The number of hydrogen-bond acceptors (Lipinski definition) is 4. The van der Waals surface area contributed by atoms with Gasteiger partial charge in [0.05, 0.1) is 11.9 Å². The summed E-state index contributed by atoms with van der Waals surface area (Å²) in [4.78, 5) is 17.6. The number of aryl methyl sites for hydroxylation is 1. The van der Waals surface area contributed by atoms with Crippen LogP contribution < -0.4 is 5.32 Å². The van der Waals surface area contributed by atoms with Crippen molar-refractivity contribution >= 4 is 11.7 Å². The van der Waals surface area contributed by atoms with E-state index in [1.165, 1.54) is 11.0 Å². The number of nitrogens with one attached hydrogen (secondary N) is 1. The number of carbonyl (C=O) groups excluding carboxylic acids is 1. The second-order valence-corrected chi connectivity index (χ2v) is 4.53. The Kier molecular flexibility index (Phi) is 3.42. The molecule has 1 N–H and O–H groups in total. The van der Waals surface area contributed by atoms with Gasteiger partial charge in [-0.1, -0.05) is 18.2 Å². The molecule has 0 fully saturated rings. The summed E-state index contributed by atoms with van der Waals surface area (Å²) in [6.45, 7) is 1.93. The normalized spacial score (nSPS) is 10.3. The fraction of sp³-hybridized carbons (Fsp3) is 0.0667. The predicted molar refractivity (Wildman–Crippen MR) is 78.3 cm³/mol. The van der Waals surface area contributed by atoms with Crippen LogP contribution in [0, 0.1) is 6.92 Å². The van der Waals surface area contributed by atoms with Crippen LogP contribution in [0.5, 0.6) is 0 Å². The maximum absolute atomic E-state index is 12.1. The lowest BCUT2D eigenvalue weighted by Crippen LogP contribution is -2.14. The zero-order valence-corrected chi connectivity index (χ0v) is 11.4. The van der Waals surface area contributed by atoms with Gasteiger partial charge in [-0.15, -0.1) is 5.10 Å². The molecule has 0 unspecified atom stereocenters. The Morgan fingerprint density at radius 3 is 2.76 bits per heavy atom. The fourth-order valence-corrected chi connectivity index (χ4v) is 1.84. The molecule has 2 heterocycles. The number of aromatic nitrogens is 4. The minimum absolute atomic E-state index is 0.238. The van der Waals surface area contributed by atoms with E-state index in [2.05, 4.69) is 20.5 Å². The minimum atomic E-state index is -0.338. The number of anilines is 1. The van der Waals surface area contributed by atoms with Gasteiger partial charge in [0.1, 0.15) is 5.82 Å². The van der Waals surface area contributed by atoms with Crippen LogP contribution in [0.2, 0.25) is 0 Å². The number of carbonyl (C=O) groups is 1. The predicted octanol–water partition coefficient (Wildman–Crippen LogP) is 2.22. The average molecular weight is 279 g/mol. The summed E-state index contributed by atoms with van der Waals surface area (Å²) >= 11 is 0. The van der Waals surface area contributed by atoms with Gasteiger partial charge in [0.15, 0.2) is 5.69 Å². The van der Waals surface area contributed by atoms with Gasteiger partial charge in [-0.3, -0.25) is 4.79 Å². The molecule has 0 saturated carbocycles. The monoisotopic (exact) mass is 279 g/mol. The van der Waals surface area contributed by atoms with E-state index in [9.17, 15) is 4.79 Å². The number of benzene rings is 1. The quantitative estimate of drug-likeness (QED) is 0.798. The van der Waals surface area contributed by atoms with Crippen LogP contribution in [-0.4, -0.2) is 25.9 Å². The molecule has 104 valence electrons. The molecule has 2 aromatic heterocycles. The highest BCUT2D eigenvalue weighted by atomic mass is 16.2. The summed E-state index contributed by atoms with van der Waals surface area (Å²) < 4.78 is 0. The van der Waals surface area contributed by atoms with E-state index in [0.29, 0.717) is 5.82 Å². The van der Waals surface area contributed by atoms with Crippen LogP contribution in [0.25, 0.3) is 5.69 Å². The van der Waals surface area contributed by atoms with Gasteiger partial charge >= 0.3 is 0 Å². The van der Waals surface area contributed by atoms with Crippen LogP contribution in [0.4, 0.5) is 5.82 Å². The number of pyridine rings is 1. The molecule has 0 aliphatic heterocycles. The van der Waals surface area contributed by atoms with Crippen molar-refractivity contribution in [3.8, 4) is 5.69 Å². The highest BCUT2D eigenvalue weighted by molar-refractivity contribution is 6.02. The van der Waals surface area contributed by atoms with Crippen LogP contribution in [0.1, 0.15) is 16.1 Å². The fourth-order valence-electron chi connectivity index (χ4n) is 1.84. The standard InChI is InChI=1S/C15H13N5O/c1-11-7-8-16-14(9-11)18-15(21)13-10-17-20(19-13)12-5-3-2-4-6-12/h2-10H,1H3,(H,16,18,21). The van der Waals surface area contributed by atoms with E-state index in [1.54, 1.807) is 12.3 Å².